The molecule has 2 heterocycles. The lowest BCUT2D eigenvalue weighted by molar-refractivity contribution is -0.124. The zero-order chi connectivity index (χ0) is 19.6. The molecule has 1 fully saturated rings. The number of carbonyl (C=O) groups is 1. The van der Waals surface area contributed by atoms with Crippen LogP contribution in [0.4, 0.5) is 5.82 Å². The van der Waals surface area contributed by atoms with Gasteiger partial charge in [0.2, 0.25) is 5.91 Å². The molecule has 2 atom stereocenters. The highest BCUT2D eigenvalue weighted by Crippen LogP contribution is 2.28. The fourth-order valence-corrected chi connectivity index (χ4v) is 3.72. The molecule has 1 aliphatic carbocycles. The lowest BCUT2D eigenvalue weighted by Crippen LogP contribution is -2.36. The molecular weight excluding hydrogens is 362 g/mol. The van der Waals surface area contributed by atoms with Crippen LogP contribution in [0.5, 0.6) is 0 Å². The summed E-state index contributed by atoms with van der Waals surface area (Å²) in [6.45, 7) is 7.98. The third-order valence-electron chi connectivity index (χ3n) is 5.14. The minimum absolute atomic E-state index is 0.0129. The second-order valence-corrected chi connectivity index (χ2v) is 7.84. The number of halogens is 1. The molecule has 2 aromatic heterocycles. The van der Waals surface area contributed by atoms with Crippen molar-refractivity contribution in [1.29, 1.82) is 0 Å². The summed E-state index contributed by atoms with van der Waals surface area (Å²) in [6, 6.07) is 2.53. The zero-order valence-corrected chi connectivity index (χ0v) is 17.2. The van der Waals surface area contributed by atoms with Crippen molar-refractivity contribution in [2.75, 3.05) is 5.32 Å². The van der Waals surface area contributed by atoms with E-state index in [1.54, 1.807) is 10.7 Å². The van der Waals surface area contributed by atoms with E-state index in [2.05, 4.69) is 33.7 Å². The summed E-state index contributed by atoms with van der Waals surface area (Å²) < 4.78 is 1.76. The Morgan fingerprint density at radius 1 is 1.41 bits per heavy atom. The van der Waals surface area contributed by atoms with Crippen LogP contribution in [-0.4, -0.2) is 32.6 Å². The van der Waals surface area contributed by atoms with Crippen molar-refractivity contribution in [2.24, 2.45) is 5.92 Å². The Labute approximate surface area is 165 Å². The van der Waals surface area contributed by atoms with Gasteiger partial charge in [0, 0.05) is 24.1 Å². The van der Waals surface area contributed by atoms with Gasteiger partial charge in [-0.2, -0.15) is 9.61 Å². The molecule has 0 saturated heterocycles. The van der Waals surface area contributed by atoms with Crippen molar-refractivity contribution in [3.8, 4) is 0 Å². The first-order valence-corrected chi connectivity index (χ1v) is 10.1. The molecule has 3 rings (SSSR count). The molecule has 7 heteroatoms. The number of allylic oxidation sites excluding steroid dienone is 2. The summed E-state index contributed by atoms with van der Waals surface area (Å²) in [5.41, 5.74) is 2.75. The molecule has 146 valence electrons. The second-order valence-electron chi connectivity index (χ2n) is 7.44. The van der Waals surface area contributed by atoms with Gasteiger partial charge in [-0.3, -0.25) is 4.79 Å². The molecule has 0 aromatic carbocycles. The van der Waals surface area contributed by atoms with Gasteiger partial charge in [-0.15, -0.1) is 0 Å². The van der Waals surface area contributed by atoms with Crippen LogP contribution in [0.25, 0.3) is 11.2 Å². The Kier molecular flexibility index (Phi) is 6.05. The lowest BCUT2D eigenvalue weighted by Gasteiger charge is -2.18. The first-order chi connectivity index (χ1) is 12.9. The Morgan fingerprint density at radius 3 is 2.81 bits per heavy atom. The monoisotopic (exact) mass is 389 g/mol. The Bertz CT molecular complexity index is 857. The fourth-order valence-electron chi connectivity index (χ4n) is 3.56. The highest BCUT2D eigenvalue weighted by Gasteiger charge is 2.27. The van der Waals surface area contributed by atoms with Crippen molar-refractivity contribution in [3.63, 3.8) is 0 Å². The van der Waals surface area contributed by atoms with Crippen LogP contribution in [0.15, 0.2) is 18.3 Å². The standard InChI is InChI=1S/C20H28ClN5O/c1-5-13(6-2)17-10-18(26-19(25-17)16(21)11-22-26)23-14-7-8-15(9-14)24-20(27)12(3)4/h5,10-12,14-15,23H,6-9H2,1-4H3,(H,24,27)/b13-5+/t14-,15-/m0/s1. The van der Waals surface area contributed by atoms with E-state index in [0.717, 1.165) is 37.2 Å². The van der Waals surface area contributed by atoms with Crippen molar-refractivity contribution in [3.05, 3.63) is 29.1 Å². The summed E-state index contributed by atoms with van der Waals surface area (Å²) in [7, 11) is 0. The third kappa shape index (κ3) is 4.26. The van der Waals surface area contributed by atoms with Gasteiger partial charge in [-0.05, 0) is 38.2 Å². The van der Waals surface area contributed by atoms with E-state index in [1.807, 2.05) is 26.8 Å². The molecule has 0 unspecified atom stereocenters. The second kappa shape index (κ2) is 8.30. The van der Waals surface area contributed by atoms with E-state index in [0.29, 0.717) is 10.7 Å². The van der Waals surface area contributed by atoms with Crippen LogP contribution < -0.4 is 10.6 Å². The predicted molar refractivity (Wildman–Crippen MR) is 110 cm³/mol. The maximum Gasteiger partial charge on any atom is 0.222 e. The summed E-state index contributed by atoms with van der Waals surface area (Å²) in [5, 5.41) is 11.7. The SMILES string of the molecule is C/C=C(\CC)c1cc(N[C@H]2CC[C@H](NC(=O)C(C)C)C2)n2ncc(Cl)c2n1. The highest BCUT2D eigenvalue weighted by atomic mass is 35.5. The van der Waals surface area contributed by atoms with E-state index < -0.39 is 0 Å². The summed E-state index contributed by atoms with van der Waals surface area (Å²) in [4.78, 5) is 16.6. The molecule has 0 spiro atoms. The van der Waals surface area contributed by atoms with Crippen molar-refractivity contribution < 1.29 is 4.79 Å². The van der Waals surface area contributed by atoms with Crippen LogP contribution in [0.2, 0.25) is 5.02 Å². The third-order valence-corrected chi connectivity index (χ3v) is 5.41. The van der Waals surface area contributed by atoms with Crippen LogP contribution >= 0.6 is 11.6 Å². The van der Waals surface area contributed by atoms with Crippen LogP contribution in [0.3, 0.4) is 0 Å². The van der Waals surface area contributed by atoms with Crippen LogP contribution in [0.1, 0.15) is 59.1 Å². The van der Waals surface area contributed by atoms with Crippen LogP contribution in [0, 0.1) is 5.92 Å². The van der Waals surface area contributed by atoms with E-state index in [-0.39, 0.29) is 23.9 Å². The van der Waals surface area contributed by atoms with E-state index >= 15 is 0 Å². The molecule has 27 heavy (non-hydrogen) atoms. The van der Waals surface area contributed by atoms with E-state index in [1.165, 1.54) is 5.57 Å². The number of carbonyl (C=O) groups excluding carboxylic acids is 1. The molecule has 0 bridgehead atoms. The Hall–Kier alpha value is -2.08. The van der Waals surface area contributed by atoms with Crippen molar-refractivity contribution in [2.45, 2.75) is 65.5 Å². The molecule has 6 nitrogen and oxygen atoms in total. The summed E-state index contributed by atoms with van der Waals surface area (Å²) in [6.07, 6.45) is 7.49. The molecular formula is C20H28ClN5O. The highest BCUT2D eigenvalue weighted by molar-refractivity contribution is 6.33. The van der Waals surface area contributed by atoms with Gasteiger partial charge in [-0.1, -0.05) is 38.4 Å². The quantitative estimate of drug-likeness (QED) is 0.772. The number of hydrogen-bond donors (Lipinski definition) is 2. The number of nitrogens with one attached hydrogen (secondary N) is 2. The van der Waals surface area contributed by atoms with E-state index in [9.17, 15) is 4.79 Å². The van der Waals surface area contributed by atoms with Crippen LogP contribution in [-0.2, 0) is 4.79 Å². The van der Waals surface area contributed by atoms with Gasteiger partial charge in [0.25, 0.3) is 0 Å². The minimum Gasteiger partial charge on any atom is -0.367 e. The van der Waals surface area contributed by atoms with Gasteiger partial charge in [0.15, 0.2) is 5.65 Å². The molecule has 1 saturated carbocycles. The normalized spacial score (nSPS) is 20.4. The van der Waals surface area contributed by atoms with Gasteiger partial charge in [-0.25, -0.2) is 4.98 Å². The number of nitrogens with zero attached hydrogens (tertiary/aromatic N) is 3. The molecule has 0 aliphatic heterocycles. The van der Waals surface area contributed by atoms with Gasteiger partial charge >= 0.3 is 0 Å². The number of amides is 1. The number of hydrogen-bond acceptors (Lipinski definition) is 4. The minimum atomic E-state index is 0.0129. The first kappa shape index (κ1) is 19.7. The largest absolute Gasteiger partial charge is 0.367 e. The number of anilines is 1. The predicted octanol–water partition coefficient (Wildman–Crippen LogP) is 4.30. The lowest BCUT2D eigenvalue weighted by atomic mass is 10.1. The van der Waals surface area contributed by atoms with Gasteiger partial charge < -0.3 is 10.6 Å². The number of rotatable bonds is 6. The molecule has 2 N–H and O–H groups in total. The average Bonchev–Trinajstić information content (AvgIpc) is 3.23. The Morgan fingerprint density at radius 2 is 2.15 bits per heavy atom. The van der Waals surface area contributed by atoms with Crippen molar-refractivity contribution >= 4 is 34.5 Å². The van der Waals surface area contributed by atoms with Gasteiger partial charge in [0.1, 0.15) is 10.8 Å². The molecule has 1 aliphatic rings. The van der Waals surface area contributed by atoms with Gasteiger partial charge in [0.05, 0.1) is 11.9 Å². The first-order valence-electron chi connectivity index (χ1n) is 9.69. The zero-order valence-electron chi connectivity index (χ0n) is 16.4. The van der Waals surface area contributed by atoms with E-state index in [4.69, 9.17) is 11.6 Å². The molecule has 0 radical (unpaired) electrons. The fraction of sp³-hybridized carbons (Fsp3) is 0.550. The van der Waals surface area contributed by atoms with Crippen molar-refractivity contribution in [1.82, 2.24) is 19.9 Å². The maximum absolute atomic E-state index is 12.0. The Balaban J connectivity index is 1.81. The molecule has 2 aromatic rings. The summed E-state index contributed by atoms with van der Waals surface area (Å²) in [5.74, 6) is 1.02. The number of aromatic nitrogens is 3. The topological polar surface area (TPSA) is 71.3 Å². The molecule has 1 amide bonds. The smallest absolute Gasteiger partial charge is 0.222 e. The maximum atomic E-state index is 12.0. The average molecular weight is 390 g/mol. The summed E-state index contributed by atoms with van der Waals surface area (Å²) >= 11 is 6.29. The number of fused-ring (bicyclic) bond motifs is 1.